The number of nitrogens with zero attached hydrogens (tertiary/aromatic N) is 1. The van der Waals surface area contributed by atoms with E-state index in [0.717, 1.165) is 52.0 Å². The lowest BCUT2D eigenvalue weighted by molar-refractivity contribution is -0.0745. The Morgan fingerprint density at radius 1 is 1.32 bits per heavy atom. The first-order chi connectivity index (χ1) is 9.15. The maximum absolute atomic E-state index is 10.6. The topological polar surface area (TPSA) is 32.7 Å². The first-order valence-corrected chi connectivity index (χ1v) is 7.77. The number of morpholine rings is 1. The van der Waals surface area contributed by atoms with Crippen LogP contribution in [0, 0.1) is 0 Å². The molecule has 2 atom stereocenters. The number of hydrogen-bond acceptors (Lipinski definition) is 3. The van der Waals surface area contributed by atoms with Crippen LogP contribution in [0.5, 0.6) is 0 Å². The lowest BCUT2D eigenvalue weighted by atomic mass is 9.86. The summed E-state index contributed by atoms with van der Waals surface area (Å²) in [5.74, 6) is 0. The van der Waals surface area contributed by atoms with E-state index in [9.17, 15) is 5.11 Å². The van der Waals surface area contributed by atoms with Gasteiger partial charge >= 0.3 is 0 Å². The van der Waals surface area contributed by atoms with Gasteiger partial charge in [-0.1, -0.05) is 25.8 Å². The maximum atomic E-state index is 10.6. The molecule has 3 nitrogen and oxygen atoms in total. The Labute approximate surface area is 118 Å². The van der Waals surface area contributed by atoms with Gasteiger partial charge in [0.25, 0.3) is 0 Å². The number of rotatable bonds is 9. The van der Waals surface area contributed by atoms with E-state index in [1.807, 2.05) is 6.08 Å². The largest absolute Gasteiger partial charge is 0.391 e. The highest BCUT2D eigenvalue weighted by atomic mass is 16.5. The summed E-state index contributed by atoms with van der Waals surface area (Å²) in [6.45, 7) is 11.6. The van der Waals surface area contributed by atoms with Crippen LogP contribution >= 0.6 is 0 Å². The third kappa shape index (κ3) is 4.90. The molecule has 0 aromatic heterocycles. The Morgan fingerprint density at radius 3 is 2.58 bits per heavy atom. The second-order valence-electron chi connectivity index (χ2n) is 5.75. The van der Waals surface area contributed by atoms with Crippen molar-refractivity contribution in [2.45, 2.75) is 64.0 Å². The first-order valence-electron chi connectivity index (χ1n) is 7.77. The van der Waals surface area contributed by atoms with E-state index >= 15 is 0 Å². The lowest BCUT2D eigenvalue weighted by Crippen LogP contribution is -2.57. The Morgan fingerprint density at radius 2 is 2.00 bits per heavy atom. The van der Waals surface area contributed by atoms with E-state index in [-0.39, 0.29) is 11.6 Å². The summed E-state index contributed by atoms with van der Waals surface area (Å²) >= 11 is 0. The van der Waals surface area contributed by atoms with Gasteiger partial charge in [0.05, 0.1) is 19.3 Å². The molecule has 1 rings (SSSR count). The second-order valence-corrected chi connectivity index (χ2v) is 5.75. The van der Waals surface area contributed by atoms with Crippen LogP contribution in [0.3, 0.4) is 0 Å². The fourth-order valence-electron chi connectivity index (χ4n) is 2.86. The van der Waals surface area contributed by atoms with Crippen LogP contribution < -0.4 is 0 Å². The van der Waals surface area contributed by atoms with Gasteiger partial charge in [0, 0.05) is 18.6 Å². The Balaban J connectivity index is 2.40. The predicted octanol–water partition coefficient (Wildman–Crippen LogP) is 2.98. The Bertz CT molecular complexity index is 251. The zero-order valence-electron chi connectivity index (χ0n) is 12.7. The molecule has 1 aliphatic heterocycles. The van der Waals surface area contributed by atoms with Crippen molar-refractivity contribution in [2.24, 2.45) is 0 Å². The van der Waals surface area contributed by atoms with Crippen molar-refractivity contribution in [1.82, 2.24) is 4.90 Å². The molecule has 0 spiro atoms. The van der Waals surface area contributed by atoms with Gasteiger partial charge in [-0.2, -0.15) is 0 Å². The van der Waals surface area contributed by atoms with Crippen LogP contribution in [-0.4, -0.2) is 48.0 Å². The lowest BCUT2D eigenvalue weighted by Gasteiger charge is -2.46. The van der Waals surface area contributed by atoms with Crippen LogP contribution in [0.4, 0.5) is 0 Å². The molecule has 0 radical (unpaired) electrons. The van der Waals surface area contributed by atoms with Gasteiger partial charge in [0.1, 0.15) is 0 Å². The van der Waals surface area contributed by atoms with Gasteiger partial charge in [0.15, 0.2) is 0 Å². The summed E-state index contributed by atoms with van der Waals surface area (Å²) in [5, 5.41) is 10.6. The van der Waals surface area contributed by atoms with E-state index in [2.05, 4.69) is 25.3 Å². The molecular formula is C16H31NO2. The summed E-state index contributed by atoms with van der Waals surface area (Å²) in [5.41, 5.74) is -0.0950. The number of aliphatic hydroxyl groups excluding tert-OH is 1. The normalized spacial score (nSPS) is 21.8. The fourth-order valence-corrected chi connectivity index (χ4v) is 2.86. The molecule has 2 unspecified atom stereocenters. The van der Waals surface area contributed by atoms with E-state index in [1.165, 1.54) is 12.8 Å². The molecule has 3 heteroatoms. The van der Waals surface area contributed by atoms with Crippen LogP contribution in [0.2, 0.25) is 0 Å². The van der Waals surface area contributed by atoms with E-state index in [0.29, 0.717) is 0 Å². The zero-order chi connectivity index (χ0) is 14.1. The minimum atomic E-state index is -0.237. The third-order valence-electron chi connectivity index (χ3n) is 4.55. The molecule has 1 heterocycles. The number of unbranched alkanes of at least 4 members (excludes halogenated alkanes) is 3. The molecule has 0 aliphatic carbocycles. The Kier molecular flexibility index (Phi) is 7.66. The van der Waals surface area contributed by atoms with Crippen molar-refractivity contribution in [2.75, 3.05) is 26.3 Å². The maximum Gasteiger partial charge on any atom is 0.0721 e. The van der Waals surface area contributed by atoms with Crippen LogP contribution in [0.15, 0.2) is 12.7 Å². The highest BCUT2D eigenvalue weighted by Gasteiger charge is 2.37. The fraction of sp³-hybridized carbons (Fsp3) is 0.875. The standard InChI is InChI=1S/C16H31NO2/c1-4-6-7-8-9-10-15(18)16(3,5-2)17-11-13-19-14-12-17/h4,15,18H,1,5-14H2,2-3H3. The van der Waals surface area contributed by atoms with Crippen molar-refractivity contribution in [3.8, 4) is 0 Å². The second kappa shape index (κ2) is 8.72. The van der Waals surface area contributed by atoms with Crippen molar-refractivity contribution < 1.29 is 9.84 Å². The molecule has 1 saturated heterocycles. The zero-order valence-corrected chi connectivity index (χ0v) is 12.7. The molecule has 1 N–H and O–H groups in total. The minimum Gasteiger partial charge on any atom is -0.391 e. The summed E-state index contributed by atoms with van der Waals surface area (Å²) in [4.78, 5) is 2.41. The van der Waals surface area contributed by atoms with Crippen molar-refractivity contribution >= 4 is 0 Å². The third-order valence-corrected chi connectivity index (χ3v) is 4.55. The van der Waals surface area contributed by atoms with E-state index in [4.69, 9.17) is 4.74 Å². The van der Waals surface area contributed by atoms with Gasteiger partial charge in [-0.05, 0) is 32.6 Å². The SMILES string of the molecule is C=CCCCCCC(O)C(C)(CC)N1CCOCC1. The first kappa shape index (κ1) is 16.7. The molecule has 0 aromatic rings. The van der Waals surface area contributed by atoms with E-state index in [1.54, 1.807) is 0 Å². The molecule has 19 heavy (non-hydrogen) atoms. The highest BCUT2D eigenvalue weighted by molar-refractivity contribution is 4.92. The molecule has 0 amide bonds. The summed E-state index contributed by atoms with van der Waals surface area (Å²) in [6, 6.07) is 0. The molecule has 0 aromatic carbocycles. The summed E-state index contributed by atoms with van der Waals surface area (Å²) in [6.07, 6.45) is 8.20. The molecule has 1 fully saturated rings. The van der Waals surface area contributed by atoms with Gasteiger partial charge in [-0.3, -0.25) is 4.90 Å². The Hall–Kier alpha value is -0.380. The highest BCUT2D eigenvalue weighted by Crippen LogP contribution is 2.27. The van der Waals surface area contributed by atoms with Crippen LogP contribution in [-0.2, 0) is 4.74 Å². The number of hydrogen-bond donors (Lipinski definition) is 1. The van der Waals surface area contributed by atoms with Crippen LogP contribution in [0.25, 0.3) is 0 Å². The average Bonchev–Trinajstić information content (AvgIpc) is 2.46. The predicted molar refractivity (Wildman–Crippen MR) is 80.4 cm³/mol. The minimum absolute atomic E-state index is 0.0950. The number of allylic oxidation sites excluding steroid dienone is 1. The van der Waals surface area contributed by atoms with Crippen molar-refractivity contribution in [3.05, 3.63) is 12.7 Å². The van der Waals surface area contributed by atoms with Crippen molar-refractivity contribution in [1.29, 1.82) is 0 Å². The smallest absolute Gasteiger partial charge is 0.0721 e. The molecule has 0 saturated carbocycles. The van der Waals surface area contributed by atoms with Gasteiger partial charge in [-0.15, -0.1) is 6.58 Å². The van der Waals surface area contributed by atoms with Crippen LogP contribution in [0.1, 0.15) is 52.4 Å². The molecule has 1 aliphatic rings. The van der Waals surface area contributed by atoms with Gasteiger partial charge in [0.2, 0.25) is 0 Å². The van der Waals surface area contributed by atoms with Gasteiger partial charge < -0.3 is 9.84 Å². The number of ether oxygens (including phenoxy) is 1. The van der Waals surface area contributed by atoms with E-state index < -0.39 is 0 Å². The number of aliphatic hydroxyl groups is 1. The molecular weight excluding hydrogens is 238 g/mol. The van der Waals surface area contributed by atoms with Crippen molar-refractivity contribution in [3.63, 3.8) is 0 Å². The quantitative estimate of drug-likeness (QED) is 0.516. The summed E-state index contributed by atoms with van der Waals surface area (Å²) in [7, 11) is 0. The average molecular weight is 269 g/mol. The monoisotopic (exact) mass is 269 g/mol. The molecule has 0 bridgehead atoms. The molecule has 112 valence electrons. The summed E-state index contributed by atoms with van der Waals surface area (Å²) < 4.78 is 5.41. The van der Waals surface area contributed by atoms with Gasteiger partial charge in [-0.25, -0.2) is 0 Å².